The normalized spacial score (nSPS) is 29.2. The van der Waals surface area contributed by atoms with Crippen LogP contribution in [-0.4, -0.2) is 17.3 Å². The molecule has 2 rings (SSSR count). The zero-order chi connectivity index (χ0) is 13.9. The van der Waals surface area contributed by atoms with Crippen LogP contribution in [-0.2, 0) is 0 Å². The number of hydrogen-bond donors (Lipinski definition) is 2. The van der Waals surface area contributed by atoms with Crippen LogP contribution in [0.3, 0.4) is 0 Å². The van der Waals surface area contributed by atoms with Gasteiger partial charge >= 0.3 is 0 Å². The third-order valence-electron chi connectivity index (χ3n) is 4.18. The van der Waals surface area contributed by atoms with Gasteiger partial charge < -0.3 is 10.4 Å². The molecular formula is C16H24ClNO. The molecular weight excluding hydrogens is 258 g/mol. The van der Waals surface area contributed by atoms with Crippen LogP contribution in [0.25, 0.3) is 0 Å². The van der Waals surface area contributed by atoms with Gasteiger partial charge in [-0.3, -0.25) is 0 Å². The van der Waals surface area contributed by atoms with Crippen LogP contribution in [0.5, 0.6) is 0 Å². The topological polar surface area (TPSA) is 32.3 Å². The van der Waals surface area contributed by atoms with Crippen molar-refractivity contribution in [3.05, 3.63) is 34.9 Å². The highest BCUT2D eigenvalue weighted by Gasteiger charge is 2.32. The molecule has 106 valence electrons. The van der Waals surface area contributed by atoms with Gasteiger partial charge in [-0.1, -0.05) is 49.6 Å². The van der Waals surface area contributed by atoms with Crippen molar-refractivity contribution in [1.82, 2.24) is 5.32 Å². The number of rotatable bonds is 4. The SMILES string of the molecule is CC1CCCC(O)(CNC(C)c2ccccc2Cl)C1. The molecule has 0 bridgehead atoms. The first-order valence-electron chi connectivity index (χ1n) is 7.20. The van der Waals surface area contributed by atoms with Crippen molar-refractivity contribution >= 4 is 11.6 Å². The molecule has 0 spiro atoms. The lowest BCUT2D eigenvalue weighted by molar-refractivity contribution is -0.0134. The van der Waals surface area contributed by atoms with Crippen LogP contribution in [0.2, 0.25) is 5.02 Å². The van der Waals surface area contributed by atoms with Gasteiger partial charge in [-0.25, -0.2) is 0 Å². The predicted octanol–water partition coefficient (Wildman–Crippen LogP) is 3.93. The molecule has 0 amide bonds. The Morgan fingerprint density at radius 1 is 1.47 bits per heavy atom. The van der Waals surface area contributed by atoms with Gasteiger partial charge in [0.05, 0.1) is 5.60 Å². The van der Waals surface area contributed by atoms with Crippen LogP contribution in [0, 0.1) is 5.92 Å². The molecule has 1 aromatic rings. The highest BCUT2D eigenvalue weighted by atomic mass is 35.5. The maximum absolute atomic E-state index is 10.6. The third kappa shape index (κ3) is 3.95. The van der Waals surface area contributed by atoms with E-state index in [1.807, 2.05) is 24.3 Å². The first kappa shape index (κ1) is 14.8. The van der Waals surface area contributed by atoms with Gasteiger partial charge in [-0.15, -0.1) is 0 Å². The van der Waals surface area contributed by atoms with Gasteiger partial charge in [0.15, 0.2) is 0 Å². The summed E-state index contributed by atoms with van der Waals surface area (Å²) in [5.41, 5.74) is 0.546. The molecule has 1 aliphatic carbocycles. The van der Waals surface area contributed by atoms with E-state index in [9.17, 15) is 5.11 Å². The largest absolute Gasteiger partial charge is 0.389 e. The molecule has 1 fully saturated rings. The van der Waals surface area contributed by atoms with E-state index in [2.05, 4.69) is 19.2 Å². The fraction of sp³-hybridized carbons (Fsp3) is 0.625. The van der Waals surface area contributed by atoms with Crippen molar-refractivity contribution < 1.29 is 5.11 Å². The van der Waals surface area contributed by atoms with E-state index >= 15 is 0 Å². The molecule has 0 saturated heterocycles. The molecule has 0 radical (unpaired) electrons. The lowest BCUT2D eigenvalue weighted by Crippen LogP contribution is -2.44. The standard InChI is InChI=1S/C16H24ClNO/c1-12-6-5-9-16(19,10-12)11-18-13(2)14-7-3-4-8-15(14)17/h3-4,7-8,12-13,18-19H,5-6,9-11H2,1-2H3. The van der Waals surface area contributed by atoms with Crippen LogP contribution in [0.15, 0.2) is 24.3 Å². The summed E-state index contributed by atoms with van der Waals surface area (Å²) in [4.78, 5) is 0. The van der Waals surface area contributed by atoms with Crippen molar-refractivity contribution in [1.29, 1.82) is 0 Å². The summed E-state index contributed by atoms with van der Waals surface area (Å²) in [6.45, 7) is 4.96. The number of benzene rings is 1. The van der Waals surface area contributed by atoms with Gasteiger partial charge in [0.2, 0.25) is 0 Å². The second-order valence-electron chi connectivity index (χ2n) is 6.05. The Morgan fingerprint density at radius 2 is 2.21 bits per heavy atom. The summed E-state index contributed by atoms with van der Waals surface area (Å²) in [6, 6.07) is 8.04. The quantitative estimate of drug-likeness (QED) is 0.876. The van der Waals surface area contributed by atoms with E-state index in [-0.39, 0.29) is 6.04 Å². The van der Waals surface area contributed by atoms with Crippen molar-refractivity contribution in [2.24, 2.45) is 5.92 Å². The van der Waals surface area contributed by atoms with Gasteiger partial charge in [-0.2, -0.15) is 0 Å². The zero-order valence-corrected chi connectivity index (χ0v) is 12.6. The summed E-state index contributed by atoms with van der Waals surface area (Å²) in [6.07, 6.45) is 4.16. The Bertz CT molecular complexity index is 423. The summed E-state index contributed by atoms with van der Waals surface area (Å²) in [5.74, 6) is 0.621. The van der Waals surface area contributed by atoms with Crippen molar-refractivity contribution in [2.45, 2.75) is 51.2 Å². The Morgan fingerprint density at radius 3 is 2.89 bits per heavy atom. The Kier molecular flexibility index (Phi) is 4.88. The first-order chi connectivity index (χ1) is 9.00. The Balaban J connectivity index is 1.93. The van der Waals surface area contributed by atoms with Crippen molar-refractivity contribution in [2.75, 3.05) is 6.54 Å². The van der Waals surface area contributed by atoms with E-state index < -0.39 is 5.60 Å². The Labute approximate surface area is 121 Å². The van der Waals surface area contributed by atoms with E-state index in [1.54, 1.807) is 0 Å². The van der Waals surface area contributed by atoms with Gasteiger partial charge in [0.25, 0.3) is 0 Å². The van der Waals surface area contributed by atoms with Gasteiger partial charge in [-0.05, 0) is 37.3 Å². The molecule has 1 aromatic carbocycles. The second-order valence-corrected chi connectivity index (χ2v) is 6.46. The van der Waals surface area contributed by atoms with Crippen molar-refractivity contribution in [3.63, 3.8) is 0 Å². The monoisotopic (exact) mass is 281 g/mol. The average Bonchev–Trinajstić information content (AvgIpc) is 2.36. The van der Waals surface area contributed by atoms with Crippen LogP contribution in [0.4, 0.5) is 0 Å². The second kappa shape index (κ2) is 6.25. The fourth-order valence-electron chi connectivity index (χ4n) is 3.07. The van der Waals surface area contributed by atoms with E-state index in [0.717, 1.165) is 29.8 Å². The van der Waals surface area contributed by atoms with E-state index in [1.165, 1.54) is 6.42 Å². The molecule has 0 heterocycles. The maximum Gasteiger partial charge on any atom is 0.0774 e. The van der Waals surface area contributed by atoms with Gasteiger partial charge in [0.1, 0.15) is 0 Å². The minimum Gasteiger partial charge on any atom is -0.389 e. The number of aliphatic hydroxyl groups is 1. The lowest BCUT2D eigenvalue weighted by atomic mass is 9.79. The summed E-state index contributed by atoms with van der Waals surface area (Å²) in [7, 11) is 0. The van der Waals surface area contributed by atoms with E-state index in [4.69, 9.17) is 11.6 Å². The van der Waals surface area contributed by atoms with Gasteiger partial charge in [0, 0.05) is 17.6 Å². The van der Waals surface area contributed by atoms with E-state index in [0.29, 0.717) is 12.5 Å². The molecule has 1 saturated carbocycles. The highest BCUT2D eigenvalue weighted by molar-refractivity contribution is 6.31. The number of nitrogens with one attached hydrogen (secondary N) is 1. The first-order valence-corrected chi connectivity index (χ1v) is 7.58. The smallest absolute Gasteiger partial charge is 0.0774 e. The lowest BCUT2D eigenvalue weighted by Gasteiger charge is -2.36. The molecule has 2 nitrogen and oxygen atoms in total. The average molecular weight is 282 g/mol. The maximum atomic E-state index is 10.6. The third-order valence-corrected chi connectivity index (χ3v) is 4.52. The summed E-state index contributed by atoms with van der Waals surface area (Å²) in [5, 5.41) is 14.8. The summed E-state index contributed by atoms with van der Waals surface area (Å²) >= 11 is 6.20. The zero-order valence-electron chi connectivity index (χ0n) is 11.8. The summed E-state index contributed by atoms with van der Waals surface area (Å²) < 4.78 is 0. The predicted molar refractivity (Wildman–Crippen MR) is 80.5 cm³/mol. The fourth-order valence-corrected chi connectivity index (χ4v) is 3.37. The minimum absolute atomic E-state index is 0.162. The molecule has 3 heteroatoms. The number of halogens is 1. The highest BCUT2D eigenvalue weighted by Crippen LogP contribution is 2.32. The minimum atomic E-state index is -0.548. The molecule has 2 N–H and O–H groups in total. The molecule has 3 unspecified atom stereocenters. The van der Waals surface area contributed by atoms with Crippen LogP contribution in [0.1, 0.15) is 51.1 Å². The molecule has 19 heavy (non-hydrogen) atoms. The molecule has 0 aliphatic heterocycles. The molecule has 1 aliphatic rings. The Hall–Kier alpha value is -0.570. The van der Waals surface area contributed by atoms with Crippen LogP contribution >= 0.6 is 11.6 Å². The van der Waals surface area contributed by atoms with Crippen molar-refractivity contribution in [3.8, 4) is 0 Å². The molecule has 0 aromatic heterocycles. The number of hydrogen-bond acceptors (Lipinski definition) is 2. The van der Waals surface area contributed by atoms with Crippen LogP contribution < -0.4 is 5.32 Å². The molecule has 3 atom stereocenters.